The van der Waals surface area contributed by atoms with Crippen LogP contribution in [-0.4, -0.2) is 24.0 Å². The first-order chi connectivity index (χ1) is 13.3. The van der Waals surface area contributed by atoms with Gasteiger partial charge >= 0.3 is 6.18 Å². The van der Waals surface area contributed by atoms with Gasteiger partial charge in [0.25, 0.3) is 5.91 Å². The molecule has 1 aromatic heterocycles. The molecule has 2 aromatic carbocycles. The van der Waals surface area contributed by atoms with Crippen molar-refractivity contribution in [3.63, 3.8) is 0 Å². The fourth-order valence-corrected chi connectivity index (χ4v) is 2.89. The fourth-order valence-electron chi connectivity index (χ4n) is 2.73. The topological polar surface area (TPSA) is 54.0 Å². The molecule has 0 unspecified atom stereocenters. The molecule has 1 heterocycles. The number of benzene rings is 2. The zero-order chi connectivity index (χ0) is 20.1. The van der Waals surface area contributed by atoms with Gasteiger partial charge in [-0.15, -0.1) is 0 Å². The highest BCUT2D eigenvalue weighted by atomic mass is 35.5. The third-order valence-electron chi connectivity index (χ3n) is 4.11. The minimum absolute atomic E-state index is 0.0141. The zero-order valence-corrected chi connectivity index (χ0v) is 15.4. The van der Waals surface area contributed by atoms with E-state index in [1.807, 2.05) is 12.1 Å². The van der Waals surface area contributed by atoms with E-state index in [-0.39, 0.29) is 5.56 Å². The second-order valence-electron chi connectivity index (χ2n) is 6.13. The molecule has 146 valence electrons. The van der Waals surface area contributed by atoms with Crippen LogP contribution >= 0.6 is 11.6 Å². The van der Waals surface area contributed by atoms with E-state index in [0.717, 1.165) is 28.7 Å². The maximum atomic E-state index is 12.7. The monoisotopic (exact) mass is 407 g/mol. The van der Waals surface area contributed by atoms with Crippen LogP contribution < -0.4 is 10.6 Å². The van der Waals surface area contributed by atoms with Crippen LogP contribution in [0.2, 0.25) is 5.02 Å². The molecule has 1 amide bonds. The number of fused-ring (bicyclic) bond motifs is 1. The molecule has 0 aliphatic heterocycles. The molecular weight excluding hydrogens is 391 g/mol. The van der Waals surface area contributed by atoms with Crippen molar-refractivity contribution in [1.29, 1.82) is 0 Å². The number of pyridine rings is 1. The van der Waals surface area contributed by atoms with Crippen LogP contribution in [0.1, 0.15) is 22.3 Å². The maximum Gasteiger partial charge on any atom is 0.416 e. The molecule has 0 saturated carbocycles. The molecule has 0 radical (unpaired) electrons. The van der Waals surface area contributed by atoms with Crippen LogP contribution in [0, 0.1) is 0 Å². The summed E-state index contributed by atoms with van der Waals surface area (Å²) in [6.45, 7) is 0.904. The first kappa shape index (κ1) is 19.9. The molecule has 0 bridgehead atoms. The lowest BCUT2D eigenvalue weighted by Crippen LogP contribution is -2.26. The Bertz CT molecular complexity index is 992. The number of halogens is 4. The minimum atomic E-state index is -4.47. The lowest BCUT2D eigenvalue weighted by atomic mass is 10.1. The molecule has 28 heavy (non-hydrogen) atoms. The molecule has 0 fully saturated rings. The van der Waals surface area contributed by atoms with E-state index >= 15 is 0 Å². The van der Waals surface area contributed by atoms with Crippen molar-refractivity contribution in [3.05, 3.63) is 70.9 Å². The minimum Gasteiger partial charge on any atom is -0.384 e. The molecule has 0 atom stereocenters. The predicted octanol–water partition coefficient (Wildman–Crippen LogP) is 5.14. The summed E-state index contributed by atoms with van der Waals surface area (Å²) in [4.78, 5) is 16.3. The Kier molecular flexibility index (Phi) is 6.04. The van der Waals surface area contributed by atoms with Crippen molar-refractivity contribution in [2.24, 2.45) is 0 Å². The van der Waals surface area contributed by atoms with Crippen molar-refractivity contribution in [2.75, 3.05) is 18.4 Å². The van der Waals surface area contributed by atoms with Gasteiger partial charge in [-0.2, -0.15) is 13.2 Å². The molecule has 3 aromatic rings. The van der Waals surface area contributed by atoms with E-state index in [0.29, 0.717) is 24.5 Å². The number of carbonyl (C=O) groups is 1. The Labute approximate surface area is 164 Å². The van der Waals surface area contributed by atoms with Gasteiger partial charge in [0.15, 0.2) is 0 Å². The summed E-state index contributed by atoms with van der Waals surface area (Å²) in [5.74, 6) is -0.532. The smallest absolute Gasteiger partial charge is 0.384 e. The molecule has 2 N–H and O–H groups in total. The number of hydrogen-bond acceptors (Lipinski definition) is 3. The number of amides is 1. The summed E-state index contributed by atoms with van der Waals surface area (Å²) in [6, 6.07) is 11.6. The Morgan fingerprint density at radius 1 is 1.07 bits per heavy atom. The summed E-state index contributed by atoms with van der Waals surface area (Å²) < 4.78 is 38.2. The highest BCUT2D eigenvalue weighted by molar-refractivity contribution is 6.31. The maximum absolute atomic E-state index is 12.7. The van der Waals surface area contributed by atoms with Gasteiger partial charge in [-0.25, -0.2) is 0 Å². The second-order valence-corrected chi connectivity index (χ2v) is 6.57. The normalized spacial score (nSPS) is 11.4. The van der Waals surface area contributed by atoms with Gasteiger partial charge in [0.2, 0.25) is 0 Å². The van der Waals surface area contributed by atoms with Gasteiger partial charge < -0.3 is 10.6 Å². The Morgan fingerprint density at radius 2 is 1.89 bits per heavy atom. The van der Waals surface area contributed by atoms with E-state index in [9.17, 15) is 18.0 Å². The van der Waals surface area contributed by atoms with Crippen molar-refractivity contribution in [3.8, 4) is 0 Å². The van der Waals surface area contributed by atoms with Gasteiger partial charge in [-0.3, -0.25) is 9.78 Å². The number of nitrogens with one attached hydrogen (secondary N) is 2. The Hall–Kier alpha value is -2.80. The van der Waals surface area contributed by atoms with Gasteiger partial charge in [0.1, 0.15) is 0 Å². The third kappa shape index (κ3) is 4.92. The van der Waals surface area contributed by atoms with Crippen LogP contribution in [0.5, 0.6) is 0 Å². The number of aromatic nitrogens is 1. The van der Waals surface area contributed by atoms with Crippen LogP contribution in [0.4, 0.5) is 18.9 Å². The van der Waals surface area contributed by atoms with Gasteiger partial charge in [-0.1, -0.05) is 17.7 Å². The number of rotatable bonds is 6. The highest BCUT2D eigenvalue weighted by Crippen LogP contribution is 2.29. The average molecular weight is 408 g/mol. The average Bonchev–Trinajstić information content (AvgIpc) is 2.66. The van der Waals surface area contributed by atoms with Crippen LogP contribution in [-0.2, 0) is 6.18 Å². The molecule has 0 saturated heterocycles. The molecule has 0 aliphatic rings. The lowest BCUT2D eigenvalue weighted by Gasteiger charge is -2.11. The van der Waals surface area contributed by atoms with Gasteiger partial charge in [0, 0.05) is 40.9 Å². The fraction of sp³-hybridized carbons (Fsp3) is 0.200. The first-order valence-corrected chi connectivity index (χ1v) is 8.96. The van der Waals surface area contributed by atoms with Gasteiger partial charge in [-0.05, 0) is 48.9 Å². The van der Waals surface area contributed by atoms with Crippen molar-refractivity contribution < 1.29 is 18.0 Å². The predicted molar refractivity (Wildman–Crippen MR) is 104 cm³/mol. The van der Waals surface area contributed by atoms with Crippen LogP contribution in [0.3, 0.4) is 0 Å². The number of carbonyl (C=O) groups excluding carboxylic acids is 1. The number of anilines is 1. The van der Waals surface area contributed by atoms with E-state index in [1.165, 1.54) is 12.1 Å². The van der Waals surface area contributed by atoms with E-state index < -0.39 is 17.6 Å². The standard InChI is InChI=1S/C20H17ClF3N3O/c21-15-5-6-16-17(7-10-26-18(16)12-15)25-8-2-9-27-19(28)13-3-1-4-14(11-13)20(22,23)24/h1,3-7,10-12H,2,8-9H2,(H,25,26)(H,27,28). The number of hydrogen-bond donors (Lipinski definition) is 2. The lowest BCUT2D eigenvalue weighted by molar-refractivity contribution is -0.137. The number of alkyl halides is 3. The largest absolute Gasteiger partial charge is 0.416 e. The Balaban J connectivity index is 1.51. The molecule has 3 rings (SSSR count). The number of nitrogens with zero attached hydrogens (tertiary/aromatic N) is 1. The third-order valence-corrected chi connectivity index (χ3v) is 4.35. The Morgan fingerprint density at radius 3 is 2.68 bits per heavy atom. The molecule has 0 spiro atoms. The van der Waals surface area contributed by atoms with E-state index in [1.54, 1.807) is 18.3 Å². The molecular formula is C20H17ClF3N3O. The van der Waals surface area contributed by atoms with Gasteiger partial charge in [0.05, 0.1) is 11.1 Å². The highest BCUT2D eigenvalue weighted by Gasteiger charge is 2.30. The van der Waals surface area contributed by atoms with E-state index in [4.69, 9.17) is 11.6 Å². The van der Waals surface area contributed by atoms with E-state index in [2.05, 4.69) is 15.6 Å². The summed E-state index contributed by atoms with van der Waals surface area (Å²) in [5.41, 5.74) is 0.812. The van der Waals surface area contributed by atoms with Crippen LogP contribution in [0.25, 0.3) is 10.9 Å². The first-order valence-electron chi connectivity index (χ1n) is 8.58. The summed E-state index contributed by atoms with van der Waals surface area (Å²) in [7, 11) is 0. The summed E-state index contributed by atoms with van der Waals surface area (Å²) in [5, 5.41) is 7.44. The molecule has 0 aliphatic carbocycles. The molecule has 8 heteroatoms. The summed E-state index contributed by atoms with van der Waals surface area (Å²) in [6.07, 6.45) is -2.20. The van der Waals surface area contributed by atoms with Crippen molar-refractivity contribution in [2.45, 2.75) is 12.6 Å². The zero-order valence-electron chi connectivity index (χ0n) is 14.7. The summed E-state index contributed by atoms with van der Waals surface area (Å²) >= 11 is 5.97. The second kappa shape index (κ2) is 8.48. The van der Waals surface area contributed by atoms with Crippen molar-refractivity contribution in [1.82, 2.24) is 10.3 Å². The van der Waals surface area contributed by atoms with Crippen LogP contribution in [0.15, 0.2) is 54.7 Å². The molecule has 4 nitrogen and oxygen atoms in total. The SMILES string of the molecule is O=C(NCCCNc1ccnc2cc(Cl)ccc12)c1cccc(C(F)(F)F)c1. The quantitative estimate of drug-likeness (QED) is 0.556. The van der Waals surface area contributed by atoms with Crippen molar-refractivity contribution >= 4 is 34.1 Å².